The van der Waals surface area contributed by atoms with Crippen LogP contribution in [0.4, 0.5) is 0 Å². The zero-order valence-electron chi connectivity index (χ0n) is 20.1. The number of amidine groups is 2. The van der Waals surface area contributed by atoms with Gasteiger partial charge >= 0.3 is 0 Å². The van der Waals surface area contributed by atoms with E-state index in [9.17, 15) is 4.79 Å². The number of hydrogen-bond donors (Lipinski definition) is 1. The third-order valence-electron chi connectivity index (χ3n) is 8.73. The second-order valence-electron chi connectivity index (χ2n) is 11.1. The van der Waals surface area contributed by atoms with Gasteiger partial charge in [-0.1, -0.05) is 18.2 Å². The van der Waals surface area contributed by atoms with Crippen LogP contribution < -0.4 is 0 Å². The van der Waals surface area contributed by atoms with Crippen LogP contribution in [0.25, 0.3) is 11.8 Å². The van der Waals surface area contributed by atoms with Crippen LogP contribution in [0.2, 0.25) is 0 Å². The molecule has 1 aromatic carbocycles. The first-order valence-electron chi connectivity index (χ1n) is 12.7. The van der Waals surface area contributed by atoms with Crippen LogP contribution in [0.1, 0.15) is 55.5 Å². The second kappa shape index (κ2) is 7.53. The number of nitrogens with one attached hydrogen (secondary N) is 1. The highest BCUT2D eigenvalue weighted by Gasteiger charge is 2.55. The molecular weight excluding hydrogens is 454 g/mol. The Kier molecular flexibility index (Phi) is 4.60. The maximum Gasteiger partial charge on any atom is 0.283 e. The van der Waals surface area contributed by atoms with Gasteiger partial charge in [0.15, 0.2) is 5.84 Å². The molecule has 1 amide bonds. The molecule has 178 valence electrons. The van der Waals surface area contributed by atoms with Gasteiger partial charge in [0, 0.05) is 22.5 Å². The average molecular weight is 484 g/mol. The summed E-state index contributed by atoms with van der Waals surface area (Å²) in [5.74, 6) is 2.25. The minimum Gasteiger partial charge on any atom is -0.318 e. The molecule has 0 atom stereocenters. The number of fused-ring (bicyclic) bond motifs is 1. The van der Waals surface area contributed by atoms with Crippen LogP contribution >= 0.6 is 11.8 Å². The van der Waals surface area contributed by atoms with Gasteiger partial charge in [0.2, 0.25) is 5.17 Å². The van der Waals surface area contributed by atoms with Crippen molar-refractivity contribution < 1.29 is 4.79 Å². The van der Waals surface area contributed by atoms with Crippen LogP contribution in [0, 0.1) is 42.4 Å². The molecule has 4 saturated carbocycles. The summed E-state index contributed by atoms with van der Waals surface area (Å²) < 4.78 is 2.17. The van der Waals surface area contributed by atoms with Gasteiger partial charge < -0.3 is 4.57 Å². The summed E-state index contributed by atoms with van der Waals surface area (Å²) in [5, 5.41) is 17.1. The van der Waals surface area contributed by atoms with E-state index in [0.29, 0.717) is 10.7 Å². The molecule has 4 aliphatic carbocycles. The molecule has 0 spiro atoms. The smallest absolute Gasteiger partial charge is 0.283 e. The molecule has 35 heavy (non-hydrogen) atoms. The molecule has 2 aliphatic heterocycles. The van der Waals surface area contributed by atoms with Crippen molar-refractivity contribution in [1.82, 2.24) is 9.58 Å². The van der Waals surface area contributed by atoms with Crippen molar-refractivity contribution in [3.63, 3.8) is 0 Å². The van der Waals surface area contributed by atoms with Crippen molar-refractivity contribution in [3.05, 3.63) is 58.9 Å². The lowest BCUT2D eigenvalue weighted by molar-refractivity contribution is -0.114. The SMILES string of the molecule is Cc1cc(/C=C2/C(=N)N3N=C(C45CC6CC(CC(C6)C4)C5)SC3=NC2=O)c(C)n1-c1ccccc1. The molecule has 3 heterocycles. The minimum atomic E-state index is -0.347. The second-order valence-corrected chi connectivity index (χ2v) is 12.1. The van der Waals surface area contributed by atoms with Gasteiger partial charge in [-0.15, -0.1) is 0 Å². The van der Waals surface area contributed by atoms with Gasteiger partial charge in [-0.3, -0.25) is 10.2 Å². The van der Waals surface area contributed by atoms with Gasteiger partial charge in [-0.25, -0.2) is 0 Å². The molecule has 2 aromatic rings. The van der Waals surface area contributed by atoms with E-state index >= 15 is 0 Å². The van der Waals surface area contributed by atoms with E-state index in [1.807, 2.05) is 31.2 Å². The normalized spacial score (nSPS) is 32.3. The van der Waals surface area contributed by atoms with Crippen molar-refractivity contribution in [1.29, 1.82) is 5.41 Å². The Morgan fingerprint density at radius 3 is 2.37 bits per heavy atom. The molecule has 4 bridgehead atoms. The van der Waals surface area contributed by atoms with Gasteiger partial charge in [0.1, 0.15) is 5.04 Å². The number of para-hydroxylation sites is 1. The highest BCUT2D eigenvalue weighted by atomic mass is 32.2. The van der Waals surface area contributed by atoms with Crippen molar-refractivity contribution in [2.45, 2.75) is 52.4 Å². The van der Waals surface area contributed by atoms with E-state index in [4.69, 9.17) is 10.5 Å². The van der Waals surface area contributed by atoms with Crippen LogP contribution in [0.15, 0.2) is 52.1 Å². The summed E-state index contributed by atoms with van der Waals surface area (Å²) in [4.78, 5) is 17.5. The number of aryl methyl sites for hydroxylation is 1. The summed E-state index contributed by atoms with van der Waals surface area (Å²) in [6.45, 7) is 4.11. The van der Waals surface area contributed by atoms with Gasteiger partial charge in [-0.05, 0) is 112 Å². The Morgan fingerprint density at radius 1 is 1.06 bits per heavy atom. The van der Waals surface area contributed by atoms with Gasteiger partial charge in [0.05, 0.1) is 5.57 Å². The first-order valence-corrected chi connectivity index (χ1v) is 13.5. The fourth-order valence-corrected chi connectivity index (χ4v) is 8.75. The molecule has 8 rings (SSSR count). The van der Waals surface area contributed by atoms with E-state index in [-0.39, 0.29) is 17.2 Å². The van der Waals surface area contributed by atoms with Crippen LogP contribution in [-0.4, -0.2) is 31.5 Å². The lowest BCUT2D eigenvalue weighted by Crippen LogP contribution is -2.49. The van der Waals surface area contributed by atoms with Gasteiger partial charge in [-0.2, -0.15) is 15.1 Å². The summed E-state index contributed by atoms with van der Waals surface area (Å²) in [6, 6.07) is 12.3. The number of benzene rings is 1. The Labute approximate surface area is 209 Å². The summed E-state index contributed by atoms with van der Waals surface area (Å²) in [5.41, 5.74) is 4.56. The molecule has 7 heteroatoms. The first kappa shape index (κ1) is 21.4. The number of carbonyl (C=O) groups excluding carboxylic acids is 1. The molecule has 1 aromatic heterocycles. The molecule has 0 saturated heterocycles. The van der Waals surface area contributed by atoms with Crippen molar-refractivity contribution in [2.75, 3.05) is 0 Å². The van der Waals surface area contributed by atoms with E-state index in [1.54, 1.807) is 5.01 Å². The lowest BCUT2D eigenvalue weighted by atomic mass is 9.50. The quantitative estimate of drug-likeness (QED) is 0.550. The molecule has 0 radical (unpaired) electrons. The molecule has 1 N–H and O–H groups in total. The Hall–Kier alpha value is -2.93. The van der Waals surface area contributed by atoms with Crippen molar-refractivity contribution in [3.8, 4) is 5.69 Å². The number of rotatable bonds is 3. The van der Waals surface area contributed by atoms with Crippen LogP contribution in [0.5, 0.6) is 0 Å². The number of nitrogens with zero attached hydrogens (tertiary/aromatic N) is 4. The Morgan fingerprint density at radius 2 is 1.71 bits per heavy atom. The van der Waals surface area contributed by atoms with E-state index in [2.05, 4.69) is 34.7 Å². The molecule has 6 nitrogen and oxygen atoms in total. The van der Waals surface area contributed by atoms with E-state index in [0.717, 1.165) is 45.4 Å². The zero-order chi connectivity index (χ0) is 23.9. The minimum absolute atomic E-state index is 0.132. The van der Waals surface area contributed by atoms with E-state index < -0.39 is 0 Å². The average Bonchev–Trinajstić information content (AvgIpc) is 3.37. The zero-order valence-corrected chi connectivity index (χ0v) is 20.9. The third-order valence-corrected chi connectivity index (χ3v) is 9.89. The van der Waals surface area contributed by atoms with Crippen LogP contribution in [0.3, 0.4) is 0 Å². The topological polar surface area (TPSA) is 73.8 Å². The third kappa shape index (κ3) is 3.24. The molecule has 4 fully saturated rings. The number of hydrogen-bond acceptors (Lipinski definition) is 4. The summed E-state index contributed by atoms with van der Waals surface area (Å²) in [6.07, 6.45) is 9.58. The number of amides is 1. The Bertz CT molecular complexity index is 1330. The molecular formula is C28H29N5OS. The fraction of sp³-hybridized carbons (Fsp3) is 0.429. The molecule has 0 unspecified atom stereocenters. The molecule has 6 aliphatic rings. The lowest BCUT2D eigenvalue weighted by Gasteiger charge is -2.56. The predicted molar refractivity (Wildman–Crippen MR) is 141 cm³/mol. The predicted octanol–water partition coefficient (Wildman–Crippen LogP) is 5.93. The standard InChI is InChI=1S/C28H29N5OS/c1-16-8-21(17(2)32(16)22-6-4-3-5-7-22)12-23-24(29)33-27(30-25(23)34)35-26(31-33)28-13-18-9-19(14-28)11-20(10-18)15-28/h3-8,12,18-20,29H,9-11,13-15H2,1-2H3/b23-12-,29-24?. The van der Waals surface area contributed by atoms with E-state index in [1.165, 1.54) is 50.3 Å². The highest BCUT2D eigenvalue weighted by Crippen LogP contribution is 2.62. The van der Waals surface area contributed by atoms with Gasteiger partial charge in [0.25, 0.3) is 5.91 Å². The Balaban J connectivity index is 1.22. The monoisotopic (exact) mass is 483 g/mol. The summed E-state index contributed by atoms with van der Waals surface area (Å²) >= 11 is 1.54. The fourth-order valence-electron chi connectivity index (χ4n) is 7.64. The first-order chi connectivity index (χ1) is 16.9. The maximum absolute atomic E-state index is 13.1. The van der Waals surface area contributed by atoms with Crippen molar-refractivity contribution in [2.24, 2.45) is 33.3 Å². The number of hydrazone groups is 1. The number of thioether (sulfide) groups is 1. The van der Waals surface area contributed by atoms with Crippen molar-refractivity contribution >= 4 is 39.8 Å². The largest absolute Gasteiger partial charge is 0.318 e. The highest BCUT2D eigenvalue weighted by molar-refractivity contribution is 8.27. The number of carbonyl (C=O) groups is 1. The maximum atomic E-state index is 13.1. The summed E-state index contributed by atoms with van der Waals surface area (Å²) in [7, 11) is 0. The number of aliphatic imine (C=N–C) groups is 1. The number of aromatic nitrogens is 1. The van der Waals surface area contributed by atoms with Crippen LogP contribution in [-0.2, 0) is 4.79 Å².